The number of hydrogen-bond acceptors (Lipinski definition) is 6. The van der Waals surface area contributed by atoms with Gasteiger partial charge in [-0.05, 0) is 81.0 Å². The van der Waals surface area contributed by atoms with Crippen molar-refractivity contribution in [1.29, 1.82) is 0 Å². The van der Waals surface area contributed by atoms with Gasteiger partial charge in [0.05, 0.1) is 24.3 Å². The van der Waals surface area contributed by atoms with Gasteiger partial charge in [0, 0.05) is 10.6 Å². The van der Waals surface area contributed by atoms with Crippen LogP contribution in [0.1, 0.15) is 62.9 Å². The molecule has 0 unspecified atom stereocenters. The fraction of sp³-hybridized carbons (Fsp3) is 0.360. The highest BCUT2D eigenvalue weighted by atomic mass is 32.1. The van der Waals surface area contributed by atoms with Crippen molar-refractivity contribution < 1.29 is 18.7 Å². The highest BCUT2D eigenvalue weighted by molar-refractivity contribution is 7.16. The molecule has 168 valence electrons. The summed E-state index contributed by atoms with van der Waals surface area (Å²) in [6, 6.07) is 10.7. The van der Waals surface area contributed by atoms with Crippen LogP contribution in [0.2, 0.25) is 0 Å². The number of amides is 1. The van der Waals surface area contributed by atoms with Crippen molar-refractivity contribution in [2.24, 2.45) is 5.92 Å². The minimum Gasteiger partial charge on any atom is -0.465 e. The van der Waals surface area contributed by atoms with Crippen LogP contribution in [-0.4, -0.2) is 18.5 Å². The van der Waals surface area contributed by atoms with Crippen molar-refractivity contribution in [1.82, 2.24) is 0 Å². The Morgan fingerprint density at radius 3 is 2.66 bits per heavy atom. The van der Waals surface area contributed by atoms with Crippen LogP contribution in [0.25, 0.3) is 0 Å². The van der Waals surface area contributed by atoms with E-state index in [2.05, 4.69) is 17.6 Å². The highest BCUT2D eigenvalue weighted by Crippen LogP contribution is 2.40. The van der Waals surface area contributed by atoms with E-state index in [-0.39, 0.29) is 11.9 Å². The number of nitrogens with one attached hydrogen (secondary N) is 2. The Balaban J connectivity index is 1.55. The molecule has 4 rings (SSSR count). The lowest BCUT2D eigenvalue weighted by Crippen LogP contribution is -2.18. The van der Waals surface area contributed by atoms with Gasteiger partial charge in [0.1, 0.15) is 16.5 Å². The smallest absolute Gasteiger partial charge is 0.338 e. The molecule has 0 radical (unpaired) electrons. The monoisotopic (exact) mass is 452 g/mol. The molecule has 0 saturated heterocycles. The van der Waals surface area contributed by atoms with Gasteiger partial charge in [0.2, 0.25) is 0 Å². The van der Waals surface area contributed by atoms with Crippen molar-refractivity contribution >= 4 is 33.9 Å². The summed E-state index contributed by atoms with van der Waals surface area (Å²) in [5.74, 6) is 1.81. The number of carbonyl (C=O) groups excluding carboxylic acids is 2. The summed E-state index contributed by atoms with van der Waals surface area (Å²) in [5.41, 5.74) is 2.96. The first-order chi connectivity index (χ1) is 15.4. The van der Waals surface area contributed by atoms with Gasteiger partial charge in [-0.2, -0.15) is 0 Å². The normalized spacial score (nSPS) is 15.2. The third-order valence-electron chi connectivity index (χ3n) is 5.61. The molecule has 32 heavy (non-hydrogen) atoms. The highest BCUT2D eigenvalue weighted by Gasteiger charge is 2.27. The lowest BCUT2D eigenvalue weighted by atomic mass is 9.88. The largest absolute Gasteiger partial charge is 0.465 e. The zero-order valence-electron chi connectivity index (χ0n) is 18.6. The summed E-state index contributed by atoms with van der Waals surface area (Å²) in [5, 5.41) is 7.30. The Morgan fingerprint density at radius 2 is 1.97 bits per heavy atom. The van der Waals surface area contributed by atoms with Crippen LogP contribution < -0.4 is 10.6 Å². The number of thiophene rings is 1. The summed E-state index contributed by atoms with van der Waals surface area (Å²) in [6.45, 7) is 6.80. The lowest BCUT2D eigenvalue weighted by molar-refractivity contribution is 0.0526. The summed E-state index contributed by atoms with van der Waals surface area (Å²) in [7, 11) is 0. The van der Waals surface area contributed by atoms with Crippen LogP contribution in [0, 0.1) is 12.8 Å². The van der Waals surface area contributed by atoms with Gasteiger partial charge >= 0.3 is 5.97 Å². The Labute approximate surface area is 192 Å². The molecule has 0 bridgehead atoms. The summed E-state index contributed by atoms with van der Waals surface area (Å²) in [6.07, 6.45) is 2.98. The van der Waals surface area contributed by atoms with Crippen molar-refractivity contribution in [3.8, 4) is 0 Å². The fourth-order valence-electron chi connectivity index (χ4n) is 3.96. The molecular formula is C25H28N2O4S. The van der Waals surface area contributed by atoms with Crippen LogP contribution in [0.3, 0.4) is 0 Å². The van der Waals surface area contributed by atoms with Crippen LogP contribution in [0.5, 0.6) is 0 Å². The molecule has 3 aromatic rings. The number of fused-ring (bicyclic) bond motifs is 1. The number of carbonyl (C=O) groups is 2. The predicted octanol–water partition coefficient (Wildman–Crippen LogP) is 5.82. The van der Waals surface area contributed by atoms with Gasteiger partial charge in [-0.25, -0.2) is 4.79 Å². The molecule has 1 aliphatic carbocycles. The van der Waals surface area contributed by atoms with Crippen LogP contribution in [0.4, 0.5) is 10.7 Å². The van der Waals surface area contributed by atoms with E-state index in [1.54, 1.807) is 42.5 Å². The molecule has 1 atom stereocenters. The standard InChI is InChI=1S/C25H28N2O4S/c1-4-30-25(29)17-7-9-18(10-8-17)27-23(28)22-20-12-5-15(2)13-21(20)32-24(22)26-14-19-11-6-16(3)31-19/h6-11,15,26H,4-5,12-14H2,1-3H3,(H,27,28)/t15-/m0/s1. The van der Waals surface area contributed by atoms with Gasteiger partial charge in [0.15, 0.2) is 0 Å². The van der Waals surface area contributed by atoms with E-state index in [9.17, 15) is 9.59 Å². The fourth-order valence-corrected chi connectivity index (χ4v) is 5.36. The third-order valence-corrected chi connectivity index (χ3v) is 6.82. The average molecular weight is 453 g/mol. The molecule has 2 heterocycles. The lowest BCUT2D eigenvalue weighted by Gasteiger charge is -2.18. The molecular weight excluding hydrogens is 424 g/mol. The van der Waals surface area contributed by atoms with Gasteiger partial charge in [-0.15, -0.1) is 11.3 Å². The molecule has 0 spiro atoms. The average Bonchev–Trinajstić information content (AvgIpc) is 3.35. The maximum absolute atomic E-state index is 13.3. The Morgan fingerprint density at radius 1 is 1.19 bits per heavy atom. The number of aryl methyl sites for hydroxylation is 1. The van der Waals surface area contributed by atoms with E-state index >= 15 is 0 Å². The maximum Gasteiger partial charge on any atom is 0.338 e. The number of ether oxygens (including phenoxy) is 1. The van der Waals surface area contributed by atoms with E-state index in [4.69, 9.17) is 9.15 Å². The number of benzene rings is 1. The number of rotatable bonds is 7. The van der Waals surface area contributed by atoms with Gasteiger partial charge in [-0.3, -0.25) is 4.79 Å². The van der Waals surface area contributed by atoms with Crippen LogP contribution >= 0.6 is 11.3 Å². The number of anilines is 2. The molecule has 0 saturated carbocycles. The van der Waals surface area contributed by atoms with Gasteiger partial charge < -0.3 is 19.8 Å². The Kier molecular flexibility index (Phi) is 6.65. The van der Waals surface area contributed by atoms with Crippen molar-refractivity contribution in [3.63, 3.8) is 0 Å². The SMILES string of the molecule is CCOC(=O)c1ccc(NC(=O)c2c(NCc3ccc(C)o3)sc3c2CC[C@H](C)C3)cc1. The van der Waals surface area contributed by atoms with E-state index < -0.39 is 0 Å². The minimum absolute atomic E-state index is 0.140. The molecule has 7 heteroatoms. The van der Waals surface area contributed by atoms with E-state index in [0.717, 1.165) is 46.9 Å². The van der Waals surface area contributed by atoms with Gasteiger partial charge in [0.25, 0.3) is 5.91 Å². The summed E-state index contributed by atoms with van der Waals surface area (Å²) < 4.78 is 10.7. The third kappa shape index (κ3) is 4.88. The first kappa shape index (κ1) is 22.1. The molecule has 0 fully saturated rings. The van der Waals surface area contributed by atoms with E-state index in [0.29, 0.717) is 30.3 Å². The van der Waals surface area contributed by atoms with Gasteiger partial charge in [-0.1, -0.05) is 6.92 Å². The molecule has 2 aromatic heterocycles. The van der Waals surface area contributed by atoms with Crippen LogP contribution in [0.15, 0.2) is 40.8 Å². The number of furan rings is 1. The maximum atomic E-state index is 13.3. The molecule has 1 aromatic carbocycles. The molecule has 0 aliphatic heterocycles. The molecule has 1 amide bonds. The quantitative estimate of drug-likeness (QED) is 0.442. The van der Waals surface area contributed by atoms with Crippen molar-refractivity contribution in [2.45, 2.75) is 46.6 Å². The second-order valence-electron chi connectivity index (χ2n) is 8.17. The molecule has 1 aliphatic rings. The first-order valence-corrected chi connectivity index (χ1v) is 11.8. The second kappa shape index (κ2) is 9.61. The van der Waals surface area contributed by atoms with Crippen molar-refractivity contribution in [2.75, 3.05) is 17.2 Å². The second-order valence-corrected chi connectivity index (χ2v) is 9.28. The summed E-state index contributed by atoms with van der Waals surface area (Å²) in [4.78, 5) is 26.5. The van der Waals surface area contributed by atoms with Crippen molar-refractivity contribution in [3.05, 3.63) is 69.5 Å². The Hall–Kier alpha value is -3.06. The number of hydrogen-bond donors (Lipinski definition) is 2. The Bertz CT molecular complexity index is 1110. The summed E-state index contributed by atoms with van der Waals surface area (Å²) >= 11 is 1.67. The minimum atomic E-state index is -0.369. The predicted molar refractivity (Wildman–Crippen MR) is 127 cm³/mol. The molecule has 6 nitrogen and oxygen atoms in total. The first-order valence-electron chi connectivity index (χ1n) is 11.0. The zero-order valence-corrected chi connectivity index (χ0v) is 19.4. The van der Waals surface area contributed by atoms with Crippen LogP contribution in [-0.2, 0) is 24.1 Å². The number of esters is 1. The van der Waals surface area contributed by atoms with E-state index in [1.807, 2.05) is 19.1 Å². The zero-order chi connectivity index (χ0) is 22.7. The van der Waals surface area contributed by atoms with E-state index in [1.165, 1.54) is 4.88 Å². The molecule has 2 N–H and O–H groups in total. The topological polar surface area (TPSA) is 80.6 Å².